The smallest absolute Gasteiger partial charge is 0.194 e. The topological polar surface area (TPSA) is 3.88 Å². The maximum Gasteiger partial charge on any atom is 0.213 e. The summed E-state index contributed by atoms with van der Waals surface area (Å²) >= 11 is 0. The number of fused-ring (bicyclic) bond motifs is 6. The first-order chi connectivity index (χ1) is 9.90. The van der Waals surface area contributed by atoms with Crippen molar-refractivity contribution in [2.45, 2.75) is 13.0 Å². The van der Waals surface area contributed by atoms with Crippen LogP contribution in [0.25, 0.3) is 22.4 Å². The predicted molar refractivity (Wildman–Crippen MR) is 79.4 cm³/mol. The van der Waals surface area contributed by atoms with E-state index in [2.05, 4.69) is 65.4 Å². The molecule has 0 radical (unpaired) electrons. The molecule has 94 valence electrons. The quantitative estimate of drug-likeness (QED) is 0.373. The van der Waals surface area contributed by atoms with E-state index in [1.165, 1.54) is 39.1 Å². The van der Waals surface area contributed by atoms with Gasteiger partial charge in [0.05, 0.1) is 5.56 Å². The van der Waals surface area contributed by atoms with Gasteiger partial charge in [0.1, 0.15) is 0 Å². The van der Waals surface area contributed by atoms with Crippen LogP contribution in [0.3, 0.4) is 0 Å². The Kier molecular flexibility index (Phi) is 1.86. The lowest BCUT2D eigenvalue weighted by atomic mass is 9.98. The van der Waals surface area contributed by atoms with Crippen molar-refractivity contribution in [3.05, 3.63) is 77.5 Å². The molecular formula is C19H14N+. The van der Waals surface area contributed by atoms with Crippen LogP contribution in [-0.2, 0) is 13.0 Å². The molecule has 0 amide bonds. The number of rotatable bonds is 0. The molecule has 5 rings (SSSR count). The molecule has 0 bridgehead atoms. The molecule has 0 atom stereocenters. The van der Waals surface area contributed by atoms with E-state index in [1.54, 1.807) is 0 Å². The van der Waals surface area contributed by atoms with Gasteiger partial charge in [0.2, 0.25) is 5.69 Å². The standard InChI is InChI=1S/C19H14N/c1-2-6-16-13(5-1)9-14-10-15-12-20-8-4-3-7-19(20)18(15)11-17(14)16/h1-8,10-11H,9,12H2/q+1. The minimum Gasteiger partial charge on any atom is -0.194 e. The van der Waals surface area contributed by atoms with Gasteiger partial charge in [-0.15, -0.1) is 0 Å². The Balaban J connectivity index is 1.79. The number of hydrogen-bond acceptors (Lipinski definition) is 0. The molecule has 0 spiro atoms. The van der Waals surface area contributed by atoms with Crippen molar-refractivity contribution >= 4 is 0 Å². The van der Waals surface area contributed by atoms with Crippen molar-refractivity contribution in [2.24, 2.45) is 0 Å². The Morgan fingerprint density at radius 1 is 0.700 bits per heavy atom. The van der Waals surface area contributed by atoms with Crippen LogP contribution < -0.4 is 4.57 Å². The Labute approximate surface area is 118 Å². The summed E-state index contributed by atoms with van der Waals surface area (Å²) in [5.41, 5.74) is 10.0. The Morgan fingerprint density at radius 2 is 1.60 bits per heavy atom. The van der Waals surface area contributed by atoms with Crippen molar-refractivity contribution in [3.8, 4) is 22.4 Å². The highest BCUT2D eigenvalue weighted by Crippen LogP contribution is 2.41. The molecule has 2 aliphatic rings. The second kappa shape index (κ2) is 3.57. The van der Waals surface area contributed by atoms with Crippen molar-refractivity contribution in [1.82, 2.24) is 0 Å². The Hall–Kier alpha value is -2.41. The van der Waals surface area contributed by atoms with E-state index < -0.39 is 0 Å². The molecule has 1 aromatic heterocycles. The third-order valence-corrected chi connectivity index (χ3v) is 4.57. The zero-order valence-electron chi connectivity index (χ0n) is 11.1. The van der Waals surface area contributed by atoms with Gasteiger partial charge in [-0.3, -0.25) is 0 Å². The van der Waals surface area contributed by atoms with Gasteiger partial charge in [0.15, 0.2) is 12.7 Å². The van der Waals surface area contributed by atoms with E-state index in [1.807, 2.05) is 0 Å². The molecule has 0 fully saturated rings. The summed E-state index contributed by atoms with van der Waals surface area (Å²) in [6.07, 6.45) is 3.26. The molecular weight excluding hydrogens is 242 g/mol. The summed E-state index contributed by atoms with van der Waals surface area (Å²) in [6, 6.07) is 20.1. The lowest BCUT2D eigenvalue weighted by Crippen LogP contribution is -2.31. The first kappa shape index (κ1) is 10.4. The fourth-order valence-electron chi connectivity index (χ4n) is 3.65. The number of benzene rings is 2. The van der Waals surface area contributed by atoms with E-state index in [9.17, 15) is 0 Å². The molecule has 0 N–H and O–H groups in total. The Bertz CT molecular complexity index is 793. The van der Waals surface area contributed by atoms with Gasteiger partial charge in [-0.05, 0) is 46.9 Å². The van der Waals surface area contributed by atoms with Crippen LogP contribution in [0.2, 0.25) is 0 Å². The number of aromatic nitrogens is 1. The number of hydrogen-bond donors (Lipinski definition) is 0. The zero-order valence-corrected chi connectivity index (χ0v) is 11.1. The monoisotopic (exact) mass is 256 g/mol. The molecule has 2 heterocycles. The highest BCUT2D eigenvalue weighted by molar-refractivity contribution is 5.82. The molecule has 0 saturated carbocycles. The highest BCUT2D eigenvalue weighted by atomic mass is 15.0. The normalized spacial score (nSPS) is 13.6. The van der Waals surface area contributed by atoms with E-state index in [0.29, 0.717) is 0 Å². The molecule has 2 aromatic carbocycles. The van der Waals surface area contributed by atoms with Crippen LogP contribution >= 0.6 is 0 Å². The summed E-state index contributed by atoms with van der Waals surface area (Å²) in [6.45, 7) is 1.01. The van der Waals surface area contributed by atoms with Crippen molar-refractivity contribution in [1.29, 1.82) is 0 Å². The number of pyridine rings is 1. The van der Waals surface area contributed by atoms with E-state index in [-0.39, 0.29) is 0 Å². The lowest BCUT2D eigenvalue weighted by molar-refractivity contribution is -0.672. The fourth-order valence-corrected chi connectivity index (χ4v) is 3.65. The molecule has 0 unspecified atom stereocenters. The fraction of sp³-hybridized carbons (Fsp3) is 0.105. The second-order valence-corrected chi connectivity index (χ2v) is 5.71. The minimum atomic E-state index is 1.01. The maximum absolute atomic E-state index is 2.41. The van der Waals surface area contributed by atoms with Crippen LogP contribution in [0.1, 0.15) is 16.7 Å². The van der Waals surface area contributed by atoms with Crippen molar-refractivity contribution in [3.63, 3.8) is 0 Å². The van der Waals surface area contributed by atoms with Gasteiger partial charge in [-0.25, -0.2) is 0 Å². The minimum absolute atomic E-state index is 1.01. The third-order valence-electron chi connectivity index (χ3n) is 4.57. The molecule has 1 aliphatic heterocycles. The summed E-state index contributed by atoms with van der Waals surface area (Å²) in [4.78, 5) is 0. The van der Waals surface area contributed by atoms with Gasteiger partial charge >= 0.3 is 0 Å². The van der Waals surface area contributed by atoms with Crippen LogP contribution in [0.15, 0.2) is 60.8 Å². The molecule has 20 heavy (non-hydrogen) atoms. The largest absolute Gasteiger partial charge is 0.213 e. The molecule has 1 nitrogen and oxygen atoms in total. The lowest BCUT2D eigenvalue weighted by Gasteiger charge is -2.03. The van der Waals surface area contributed by atoms with Crippen molar-refractivity contribution in [2.75, 3.05) is 0 Å². The van der Waals surface area contributed by atoms with Gasteiger partial charge in [-0.2, -0.15) is 4.57 Å². The molecule has 1 aliphatic carbocycles. The zero-order chi connectivity index (χ0) is 13.1. The van der Waals surface area contributed by atoms with Crippen LogP contribution in [0.4, 0.5) is 0 Å². The maximum atomic E-state index is 2.41. The summed E-state index contributed by atoms with van der Waals surface area (Å²) in [5, 5.41) is 0. The molecule has 3 aromatic rings. The van der Waals surface area contributed by atoms with Crippen LogP contribution in [-0.4, -0.2) is 0 Å². The number of nitrogens with zero attached hydrogens (tertiary/aromatic N) is 1. The first-order valence-electron chi connectivity index (χ1n) is 7.13. The van der Waals surface area contributed by atoms with Crippen LogP contribution in [0.5, 0.6) is 0 Å². The van der Waals surface area contributed by atoms with Gasteiger partial charge in [0, 0.05) is 17.7 Å². The van der Waals surface area contributed by atoms with Gasteiger partial charge < -0.3 is 0 Å². The first-order valence-corrected chi connectivity index (χ1v) is 7.13. The van der Waals surface area contributed by atoms with E-state index in [4.69, 9.17) is 0 Å². The molecule has 0 saturated heterocycles. The predicted octanol–water partition coefficient (Wildman–Crippen LogP) is 3.57. The summed E-state index contributed by atoms with van der Waals surface area (Å²) in [7, 11) is 0. The average molecular weight is 256 g/mol. The van der Waals surface area contributed by atoms with Gasteiger partial charge in [0.25, 0.3) is 0 Å². The third kappa shape index (κ3) is 1.25. The summed E-state index contributed by atoms with van der Waals surface area (Å²) < 4.78 is 2.34. The van der Waals surface area contributed by atoms with Crippen LogP contribution in [0, 0.1) is 0 Å². The van der Waals surface area contributed by atoms with E-state index in [0.717, 1.165) is 13.0 Å². The second-order valence-electron chi connectivity index (χ2n) is 5.71. The average Bonchev–Trinajstić information content (AvgIpc) is 3.02. The summed E-state index contributed by atoms with van der Waals surface area (Å²) in [5.74, 6) is 0. The molecule has 1 heteroatoms. The Morgan fingerprint density at radius 3 is 2.60 bits per heavy atom. The van der Waals surface area contributed by atoms with E-state index >= 15 is 0 Å². The van der Waals surface area contributed by atoms with Crippen molar-refractivity contribution < 1.29 is 4.57 Å². The highest BCUT2D eigenvalue weighted by Gasteiger charge is 2.29. The SMILES string of the molecule is c1ccc2c(c1)Cc1cc3c(cc1-2)-c1cccc[n+]1C3. The van der Waals surface area contributed by atoms with Gasteiger partial charge in [-0.1, -0.05) is 24.3 Å².